The molecule has 2 rings (SSSR count). The van der Waals surface area contributed by atoms with Crippen LogP contribution < -0.4 is 0 Å². The number of hydrogen-bond donors (Lipinski definition) is 2. The van der Waals surface area contributed by atoms with Gasteiger partial charge in [0.05, 0.1) is 18.7 Å². The van der Waals surface area contributed by atoms with E-state index >= 15 is 0 Å². The highest BCUT2D eigenvalue weighted by atomic mass is 32.2. The minimum Gasteiger partial charge on any atom is -0.481 e. The molecule has 0 bridgehead atoms. The van der Waals surface area contributed by atoms with Crippen LogP contribution in [0.3, 0.4) is 0 Å². The third-order valence-corrected chi connectivity index (χ3v) is 4.29. The SMILES string of the molecule is Cc1c(CCC(=O)O)ccc2c1nnn2CCSCCO. The van der Waals surface area contributed by atoms with Crippen molar-refractivity contribution in [1.29, 1.82) is 0 Å². The lowest BCUT2D eigenvalue weighted by Crippen LogP contribution is -2.04. The molecule has 1 heterocycles. The molecule has 1 aromatic carbocycles. The van der Waals surface area contributed by atoms with Gasteiger partial charge in [-0.2, -0.15) is 11.8 Å². The first-order chi connectivity index (χ1) is 10.1. The molecule has 6 nitrogen and oxygen atoms in total. The number of carboxylic acid groups (broad SMARTS) is 1. The van der Waals surface area contributed by atoms with E-state index in [4.69, 9.17) is 10.2 Å². The van der Waals surface area contributed by atoms with Crippen LogP contribution in [0.1, 0.15) is 17.5 Å². The van der Waals surface area contributed by atoms with E-state index in [1.54, 1.807) is 11.8 Å². The summed E-state index contributed by atoms with van der Waals surface area (Å²) in [5, 5.41) is 25.9. The van der Waals surface area contributed by atoms with Crippen molar-refractivity contribution >= 4 is 28.8 Å². The maximum Gasteiger partial charge on any atom is 0.303 e. The summed E-state index contributed by atoms with van der Waals surface area (Å²) in [5.74, 6) is 0.808. The van der Waals surface area contributed by atoms with Crippen LogP contribution in [0.2, 0.25) is 0 Å². The van der Waals surface area contributed by atoms with Crippen LogP contribution in [0.4, 0.5) is 0 Å². The van der Waals surface area contributed by atoms with Crippen molar-refractivity contribution in [3.8, 4) is 0 Å². The van der Waals surface area contributed by atoms with Crippen LogP contribution >= 0.6 is 11.8 Å². The molecule has 0 saturated heterocycles. The quantitative estimate of drug-likeness (QED) is 0.718. The summed E-state index contributed by atoms with van der Waals surface area (Å²) >= 11 is 1.67. The van der Waals surface area contributed by atoms with Gasteiger partial charge in [-0.25, -0.2) is 4.68 Å². The van der Waals surface area contributed by atoms with Crippen LogP contribution in [0, 0.1) is 6.92 Å². The molecule has 7 heteroatoms. The number of aryl methyl sites for hydroxylation is 3. The number of nitrogens with zero attached hydrogens (tertiary/aromatic N) is 3. The molecule has 0 unspecified atom stereocenters. The highest BCUT2D eigenvalue weighted by Gasteiger charge is 2.11. The third kappa shape index (κ3) is 3.95. The predicted molar refractivity (Wildman–Crippen MR) is 82.6 cm³/mol. The highest BCUT2D eigenvalue weighted by Crippen LogP contribution is 2.21. The second-order valence-corrected chi connectivity index (χ2v) is 5.98. The standard InChI is InChI=1S/C14H19N3O3S/c1-10-11(3-5-13(19)20)2-4-12-14(10)15-16-17(12)6-8-21-9-7-18/h2,4,18H,3,5-9H2,1H3,(H,19,20). The van der Waals surface area contributed by atoms with Crippen molar-refractivity contribution in [3.63, 3.8) is 0 Å². The summed E-state index contributed by atoms with van der Waals surface area (Å²) in [5.41, 5.74) is 3.82. The summed E-state index contributed by atoms with van der Waals surface area (Å²) in [6, 6.07) is 3.91. The first kappa shape index (κ1) is 15.8. The number of aliphatic carboxylic acids is 1. The van der Waals surface area contributed by atoms with Crippen molar-refractivity contribution in [1.82, 2.24) is 15.0 Å². The number of fused-ring (bicyclic) bond motifs is 1. The molecule has 0 fully saturated rings. The Balaban J connectivity index is 2.13. The van der Waals surface area contributed by atoms with Crippen molar-refractivity contribution < 1.29 is 15.0 Å². The number of thioether (sulfide) groups is 1. The van der Waals surface area contributed by atoms with Crippen molar-refractivity contribution in [3.05, 3.63) is 23.3 Å². The monoisotopic (exact) mass is 309 g/mol. The Kier molecular flexibility index (Phi) is 5.58. The molecule has 2 aromatic rings. The molecule has 1 aromatic heterocycles. The summed E-state index contributed by atoms with van der Waals surface area (Å²) in [6.45, 7) is 2.89. The fourth-order valence-corrected chi connectivity index (χ4v) is 2.84. The molecule has 0 saturated carbocycles. The number of carbonyl (C=O) groups is 1. The van der Waals surface area contributed by atoms with Crippen LogP contribution in [0.25, 0.3) is 11.0 Å². The number of aliphatic hydroxyl groups is 1. The Morgan fingerprint density at radius 1 is 1.38 bits per heavy atom. The Morgan fingerprint density at radius 2 is 2.19 bits per heavy atom. The average Bonchev–Trinajstić information content (AvgIpc) is 2.87. The van der Waals surface area contributed by atoms with Crippen LogP contribution in [0.15, 0.2) is 12.1 Å². The fourth-order valence-electron chi connectivity index (χ4n) is 2.20. The van der Waals surface area contributed by atoms with E-state index in [2.05, 4.69) is 10.3 Å². The molecule has 2 N–H and O–H groups in total. The number of carboxylic acids is 1. The summed E-state index contributed by atoms with van der Waals surface area (Å²) in [7, 11) is 0. The van der Waals surface area contributed by atoms with Crippen LogP contribution in [-0.2, 0) is 17.8 Å². The second-order valence-electron chi connectivity index (χ2n) is 4.76. The van der Waals surface area contributed by atoms with E-state index in [0.717, 1.165) is 40.2 Å². The van der Waals surface area contributed by atoms with Crippen molar-refractivity contribution in [2.24, 2.45) is 0 Å². The number of hydrogen-bond acceptors (Lipinski definition) is 5. The Hall–Kier alpha value is -1.60. The lowest BCUT2D eigenvalue weighted by molar-refractivity contribution is -0.136. The predicted octanol–water partition coefficient (Wildman–Crippen LogP) is 1.48. The van der Waals surface area contributed by atoms with Gasteiger partial charge in [0.15, 0.2) is 0 Å². The average molecular weight is 309 g/mol. The number of aliphatic hydroxyl groups excluding tert-OH is 1. The van der Waals surface area contributed by atoms with Gasteiger partial charge >= 0.3 is 5.97 Å². The van der Waals surface area contributed by atoms with E-state index in [1.165, 1.54) is 0 Å². The first-order valence-electron chi connectivity index (χ1n) is 6.85. The van der Waals surface area contributed by atoms with Gasteiger partial charge in [0.2, 0.25) is 0 Å². The van der Waals surface area contributed by atoms with E-state index in [1.807, 2.05) is 23.7 Å². The van der Waals surface area contributed by atoms with Gasteiger partial charge < -0.3 is 10.2 Å². The third-order valence-electron chi connectivity index (χ3n) is 3.34. The molecule has 21 heavy (non-hydrogen) atoms. The molecule has 0 atom stereocenters. The molecule has 0 aliphatic heterocycles. The summed E-state index contributed by atoms with van der Waals surface area (Å²) in [4.78, 5) is 10.7. The van der Waals surface area contributed by atoms with Gasteiger partial charge in [-0.15, -0.1) is 5.10 Å². The smallest absolute Gasteiger partial charge is 0.303 e. The van der Waals surface area contributed by atoms with E-state index in [0.29, 0.717) is 6.42 Å². The lowest BCUT2D eigenvalue weighted by atomic mass is 10.0. The Morgan fingerprint density at radius 3 is 2.90 bits per heavy atom. The van der Waals surface area contributed by atoms with Gasteiger partial charge in [-0.05, 0) is 30.5 Å². The van der Waals surface area contributed by atoms with Crippen molar-refractivity contribution in [2.75, 3.05) is 18.1 Å². The molecule has 0 amide bonds. The maximum atomic E-state index is 10.7. The normalized spacial score (nSPS) is 11.1. The van der Waals surface area contributed by atoms with Crippen molar-refractivity contribution in [2.45, 2.75) is 26.3 Å². The minimum absolute atomic E-state index is 0.123. The zero-order chi connectivity index (χ0) is 15.2. The molecule has 114 valence electrons. The molecular weight excluding hydrogens is 290 g/mol. The van der Waals surface area contributed by atoms with E-state index in [9.17, 15) is 4.79 Å². The molecule has 0 spiro atoms. The van der Waals surface area contributed by atoms with Crippen LogP contribution in [0.5, 0.6) is 0 Å². The second kappa shape index (κ2) is 7.42. The van der Waals surface area contributed by atoms with Gasteiger partial charge in [0.25, 0.3) is 0 Å². The number of benzene rings is 1. The van der Waals surface area contributed by atoms with Gasteiger partial charge in [0, 0.05) is 17.9 Å². The molecule has 0 aliphatic carbocycles. The topological polar surface area (TPSA) is 88.2 Å². The lowest BCUT2D eigenvalue weighted by Gasteiger charge is -2.06. The number of aromatic nitrogens is 3. The zero-order valence-electron chi connectivity index (χ0n) is 11.9. The van der Waals surface area contributed by atoms with Gasteiger partial charge in [-0.3, -0.25) is 4.79 Å². The van der Waals surface area contributed by atoms with E-state index in [-0.39, 0.29) is 13.0 Å². The summed E-state index contributed by atoms with van der Waals surface area (Å²) < 4.78 is 1.85. The van der Waals surface area contributed by atoms with E-state index < -0.39 is 5.97 Å². The first-order valence-corrected chi connectivity index (χ1v) is 8.01. The Bertz CT molecular complexity index is 627. The molecule has 0 aliphatic rings. The van der Waals surface area contributed by atoms with Gasteiger partial charge in [0.1, 0.15) is 5.52 Å². The number of rotatable bonds is 8. The maximum absolute atomic E-state index is 10.7. The zero-order valence-corrected chi connectivity index (χ0v) is 12.8. The minimum atomic E-state index is -0.793. The summed E-state index contributed by atoms with van der Waals surface area (Å²) in [6.07, 6.45) is 0.634. The van der Waals surface area contributed by atoms with Crippen LogP contribution in [-0.4, -0.2) is 49.3 Å². The molecule has 0 radical (unpaired) electrons. The fraction of sp³-hybridized carbons (Fsp3) is 0.500. The molecular formula is C14H19N3O3S. The van der Waals surface area contributed by atoms with Gasteiger partial charge in [-0.1, -0.05) is 11.3 Å². The Labute approximate surface area is 127 Å². The largest absolute Gasteiger partial charge is 0.481 e. The highest BCUT2D eigenvalue weighted by molar-refractivity contribution is 7.99.